The molecule has 5 heteroatoms. The molecule has 0 saturated carbocycles. The lowest BCUT2D eigenvalue weighted by molar-refractivity contribution is 0.302. The number of rotatable bonds is 5. The summed E-state index contributed by atoms with van der Waals surface area (Å²) in [6, 6.07) is 13.6. The molecule has 21 heavy (non-hydrogen) atoms. The lowest BCUT2D eigenvalue weighted by atomic mass is 10.2. The van der Waals surface area contributed by atoms with Crippen LogP contribution in [-0.4, -0.2) is 9.97 Å². The van der Waals surface area contributed by atoms with E-state index in [0.29, 0.717) is 13.2 Å². The lowest BCUT2D eigenvalue weighted by Crippen LogP contribution is -1.99. The Hall–Kier alpha value is -2.24. The Balaban J connectivity index is 1.67. The van der Waals surface area contributed by atoms with Crippen LogP contribution in [0.1, 0.15) is 11.3 Å². The molecule has 3 rings (SSSR count). The minimum atomic E-state index is 0.442. The molecule has 0 spiro atoms. The largest absolute Gasteiger partial charge is 0.487 e. The molecule has 2 heterocycles. The number of thiazole rings is 1. The minimum Gasteiger partial charge on any atom is -0.487 e. The van der Waals surface area contributed by atoms with Crippen LogP contribution in [0.25, 0.3) is 10.7 Å². The lowest BCUT2D eigenvalue weighted by Gasteiger charge is -2.05. The fourth-order valence-electron chi connectivity index (χ4n) is 1.90. The number of aromatic nitrogens is 2. The van der Waals surface area contributed by atoms with Crippen LogP contribution in [-0.2, 0) is 13.2 Å². The highest BCUT2D eigenvalue weighted by atomic mass is 32.1. The standard InChI is InChI=1S/C16H15N3OS/c17-9-12-4-3-5-14(8-12)20-10-13-11-21-16(19-13)15-6-1-2-7-18-15/h1-8,11H,9-10,17H2. The number of nitrogens with zero attached hydrogens (tertiary/aromatic N) is 2. The first kappa shape index (κ1) is 13.7. The number of ether oxygens (including phenoxy) is 1. The quantitative estimate of drug-likeness (QED) is 0.785. The average molecular weight is 297 g/mol. The van der Waals surface area contributed by atoms with Crippen molar-refractivity contribution in [2.75, 3.05) is 0 Å². The van der Waals surface area contributed by atoms with Crippen molar-refractivity contribution in [3.63, 3.8) is 0 Å². The highest BCUT2D eigenvalue weighted by molar-refractivity contribution is 7.13. The fourth-order valence-corrected chi connectivity index (χ4v) is 2.68. The molecule has 0 aliphatic heterocycles. The van der Waals surface area contributed by atoms with Crippen LogP contribution in [0.2, 0.25) is 0 Å². The van der Waals surface area contributed by atoms with Gasteiger partial charge in [0.25, 0.3) is 0 Å². The maximum absolute atomic E-state index is 5.75. The Bertz CT molecular complexity index is 712. The Labute approximate surface area is 127 Å². The van der Waals surface area contributed by atoms with Gasteiger partial charge in [-0.15, -0.1) is 11.3 Å². The molecule has 1 aromatic carbocycles. The first-order valence-corrected chi connectivity index (χ1v) is 7.51. The fraction of sp³-hybridized carbons (Fsp3) is 0.125. The molecule has 0 aliphatic carbocycles. The summed E-state index contributed by atoms with van der Waals surface area (Å²) in [5.41, 5.74) is 8.47. The second kappa shape index (κ2) is 6.47. The van der Waals surface area contributed by atoms with Gasteiger partial charge in [-0.25, -0.2) is 4.98 Å². The number of hydrogen-bond acceptors (Lipinski definition) is 5. The molecule has 0 aliphatic rings. The van der Waals surface area contributed by atoms with Crippen molar-refractivity contribution in [2.24, 2.45) is 5.73 Å². The summed E-state index contributed by atoms with van der Waals surface area (Å²) >= 11 is 1.57. The normalized spacial score (nSPS) is 10.5. The number of benzene rings is 1. The van der Waals surface area contributed by atoms with Crippen LogP contribution in [0, 0.1) is 0 Å². The summed E-state index contributed by atoms with van der Waals surface area (Å²) in [7, 11) is 0. The van der Waals surface area contributed by atoms with Crippen LogP contribution in [0.4, 0.5) is 0 Å². The van der Waals surface area contributed by atoms with Crippen molar-refractivity contribution in [3.05, 3.63) is 65.3 Å². The van der Waals surface area contributed by atoms with Gasteiger partial charge in [0, 0.05) is 18.1 Å². The summed E-state index contributed by atoms with van der Waals surface area (Å²) in [4.78, 5) is 8.84. The van der Waals surface area contributed by atoms with E-state index in [-0.39, 0.29) is 0 Å². The topological polar surface area (TPSA) is 61.0 Å². The van der Waals surface area contributed by atoms with Gasteiger partial charge < -0.3 is 10.5 Å². The van der Waals surface area contributed by atoms with Crippen molar-refractivity contribution in [2.45, 2.75) is 13.2 Å². The van der Waals surface area contributed by atoms with E-state index in [1.807, 2.05) is 47.8 Å². The predicted molar refractivity (Wildman–Crippen MR) is 84.0 cm³/mol. The minimum absolute atomic E-state index is 0.442. The maximum Gasteiger partial charge on any atom is 0.142 e. The second-order valence-corrected chi connectivity index (χ2v) is 5.36. The summed E-state index contributed by atoms with van der Waals surface area (Å²) in [5, 5.41) is 2.90. The van der Waals surface area contributed by atoms with Crippen molar-refractivity contribution >= 4 is 11.3 Å². The Morgan fingerprint density at radius 1 is 1.14 bits per heavy atom. The van der Waals surface area contributed by atoms with Gasteiger partial charge in [0.2, 0.25) is 0 Å². The number of hydrogen-bond donors (Lipinski definition) is 1. The zero-order chi connectivity index (χ0) is 14.5. The van der Waals surface area contributed by atoms with E-state index in [4.69, 9.17) is 10.5 Å². The monoisotopic (exact) mass is 297 g/mol. The molecule has 0 atom stereocenters. The number of pyridine rings is 1. The molecule has 0 saturated heterocycles. The van der Waals surface area contributed by atoms with Crippen molar-refractivity contribution in [1.82, 2.24) is 9.97 Å². The van der Waals surface area contributed by atoms with Gasteiger partial charge in [0.1, 0.15) is 17.4 Å². The third-order valence-electron chi connectivity index (χ3n) is 2.96. The van der Waals surface area contributed by atoms with E-state index in [9.17, 15) is 0 Å². The van der Waals surface area contributed by atoms with Gasteiger partial charge in [-0.05, 0) is 29.8 Å². The molecule has 106 valence electrons. The summed E-state index contributed by atoms with van der Waals surface area (Å²) in [6.07, 6.45) is 1.77. The SMILES string of the molecule is NCc1cccc(OCc2csc(-c3ccccn3)n2)c1. The molecule has 4 nitrogen and oxygen atoms in total. The van der Waals surface area contributed by atoms with E-state index in [1.165, 1.54) is 0 Å². The second-order valence-electron chi connectivity index (χ2n) is 4.50. The van der Waals surface area contributed by atoms with Crippen LogP contribution >= 0.6 is 11.3 Å². The van der Waals surface area contributed by atoms with Gasteiger partial charge in [-0.2, -0.15) is 0 Å². The molecule has 0 bridgehead atoms. The molecule has 2 aromatic heterocycles. The molecular weight excluding hydrogens is 282 g/mol. The third kappa shape index (κ3) is 3.45. The molecule has 3 aromatic rings. The Morgan fingerprint density at radius 3 is 2.90 bits per heavy atom. The predicted octanol–water partition coefficient (Wildman–Crippen LogP) is 3.24. The third-order valence-corrected chi connectivity index (χ3v) is 3.87. The van der Waals surface area contributed by atoms with Crippen molar-refractivity contribution in [1.29, 1.82) is 0 Å². The van der Waals surface area contributed by atoms with Gasteiger partial charge in [-0.1, -0.05) is 18.2 Å². The zero-order valence-corrected chi connectivity index (χ0v) is 12.2. The summed E-state index contributed by atoms with van der Waals surface area (Å²) < 4.78 is 5.75. The number of nitrogens with two attached hydrogens (primary N) is 1. The maximum atomic E-state index is 5.75. The molecule has 0 radical (unpaired) electrons. The van der Waals surface area contributed by atoms with E-state index in [2.05, 4.69) is 9.97 Å². The summed E-state index contributed by atoms with van der Waals surface area (Å²) in [5.74, 6) is 0.810. The van der Waals surface area contributed by atoms with Gasteiger partial charge in [0.05, 0.1) is 11.4 Å². The first-order valence-electron chi connectivity index (χ1n) is 6.63. The van der Waals surface area contributed by atoms with Gasteiger partial charge in [0.15, 0.2) is 0 Å². The molecular formula is C16H15N3OS. The van der Waals surface area contributed by atoms with Crippen LogP contribution in [0.15, 0.2) is 54.0 Å². The summed E-state index contributed by atoms with van der Waals surface area (Å²) in [6.45, 7) is 0.953. The van der Waals surface area contributed by atoms with Crippen molar-refractivity contribution in [3.8, 4) is 16.5 Å². The Kier molecular flexibility index (Phi) is 4.23. The van der Waals surface area contributed by atoms with E-state index in [0.717, 1.165) is 27.7 Å². The van der Waals surface area contributed by atoms with Crippen LogP contribution < -0.4 is 10.5 Å². The van der Waals surface area contributed by atoms with E-state index < -0.39 is 0 Å². The molecule has 0 amide bonds. The van der Waals surface area contributed by atoms with Gasteiger partial charge >= 0.3 is 0 Å². The van der Waals surface area contributed by atoms with Gasteiger partial charge in [-0.3, -0.25) is 4.98 Å². The zero-order valence-electron chi connectivity index (χ0n) is 11.4. The molecule has 0 fully saturated rings. The van der Waals surface area contributed by atoms with E-state index in [1.54, 1.807) is 17.5 Å². The van der Waals surface area contributed by atoms with E-state index >= 15 is 0 Å². The highest BCUT2D eigenvalue weighted by Crippen LogP contribution is 2.22. The van der Waals surface area contributed by atoms with Crippen LogP contribution in [0.5, 0.6) is 5.75 Å². The van der Waals surface area contributed by atoms with Crippen LogP contribution in [0.3, 0.4) is 0 Å². The smallest absolute Gasteiger partial charge is 0.142 e. The Morgan fingerprint density at radius 2 is 2.10 bits per heavy atom. The first-order chi connectivity index (χ1) is 10.3. The molecule has 2 N–H and O–H groups in total. The average Bonchev–Trinajstić information content (AvgIpc) is 3.03. The molecule has 0 unspecified atom stereocenters. The highest BCUT2D eigenvalue weighted by Gasteiger charge is 2.06. The van der Waals surface area contributed by atoms with Crippen molar-refractivity contribution < 1.29 is 4.74 Å².